The monoisotopic (exact) mass is 236 g/mol. The smallest absolute Gasteiger partial charge is 0.254 e. The molecule has 0 spiro atoms. The zero-order chi connectivity index (χ0) is 12.8. The average molecular weight is 236 g/mol. The number of amides is 1. The van der Waals surface area contributed by atoms with Gasteiger partial charge in [-0.3, -0.25) is 4.79 Å². The van der Waals surface area contributed by atoms with Gasteiger partial charge >= 0.3 is 0 Å². The van der Waals surface area contributed by atoms with Crippen molar-refractivity contribution >= 4 is 5.91 Å². The van der Waals surface area contributed by atoms with E-state index in [1.807, 2.05) is 27.8 Å². The fourth-order valence-corrected chi connectivity index (χ4v) is 1.42. The molecule has 0 saturated carbocycles. The lowest BCUT2D eigenvalue weighted by Crippen LogP contribution is -2.37. The van der Waals surface area contributed by atoms with Crippen LogP contribution in [0.5, 0.6) is 0 Å². The Labute approximate surface area is 102 Å². The Kier molecular flexibility index (Phi) is 5.03. The van der Waals surface area contributed by atoms with Gasteiger partial charge in [0.05, 0.1) is 11.3 Å². The lowest BCUT2D eigenvalue weighted by molar-refractivity contribution is 0.0948. The summed E-state index contributed by atoms with van der Waals surface area (Å²) in [5, 5.41) is 5.93. The van der Waals surface area contributed by atoms with Crippen LogP contribution in [0.15, 0.2) is 12.5 Å². The van der Waals surface area contributed by atoms with Crippen LogP contribution in [0, 0.1) is 0 Å². The van der Waals surface area contributed by atoms with E-state index in [1.165, 1.54) is 6.33 Å². The molecule has 1 heterocycles. The fraction of sp³-hybridized carbons (Fsp3) is 0.583. The Morgan fingerprint density at radius 1 is 1.41 bits per heavy atom. The second kappa shape index (κ2) is 6.30. The van der Waals surface area contributed by atoms with E-state index >= 15 is 0 Å². The van der Waals surface area contributed by atoms with Crippen LogP contribution in [0.25, 0.3) is 0 Å². The number of nitrogens with one attached hydrogen (secondary N) is 2. The number of carbonyl (C=O) groups is 1. The van der Waals surface area contributed by atoms with Crippen molar-refractivity contribution in [2.75, 3.05) is 13.6 Å². The molecule has 17 heavy (non-hydrogen) atoms. The number of hydrogen-bond acceptors (Lipinski definition) is 4. The van der Waals surface area contributed by atoms with Gasteiger partial charge < -0.3 is 10.6 Å². The van der Waals surface area contributed by atoms with Crippen molar-refractivity contribution in [2.24, 2.45) is 0 Å². The Balaban J connectivity index is 2.75. The SMILES string of the molecule is CNC(C)CNC(=O)c1cncnc1C(C)C. The summed E-state index contributed by atoms with van der Waals surface area (Å²) in [5.74, 6) is 0.0943. The predicted molar refractivity (Wildman–Crippen MR) is 67.0 cm³/mol. The summed E-state index contributed by atoms with van der Waals surface area (Å²) < 4.78 is 0. The van der Waals surface area contributed by atoms with E-state index < -0.39 is 0 Å². The fourth-order valence-electron chi connectivity index (χ4n) is 1.42. The molecular weight excluding hydrogens is 216 g/mol. The molecule has 2 N–H and O–H groups in total. The molecule has 1 amide bonds. The highest BCUT2D eigenvalue weighted by Crippen LogP contribution is 2.15. The summed E-state index contributed by atoms with van der Waals surface area (Å²) in [4.78, 5) is 20.0. The third kappa shape index (κ3) is 3.78. The topological polar surface area (TPSA) is 66.9 Å². The Morgan fingerprint density at radius 3 is 2.71 bits per heavy atom. The average Bonchev–Trinajstić information content (AvgIpc) is 2.35. The number of rotatable bonds is 5. The van der Waals surface area contributed by atoms with Crippen LogP contribution in [0.3, 0.4) is 0 Å². The van der Waals surface area contributed by atoms with Crippen LogP contribution in [-0.2, 0) is 0 Å². The third-order valence-electron chi connectivity index (χ3n) is 2.60. The molecule has 0 saturated heterocycles. The summed E-state index contributed by atoms with van der Waals surface area (Å²) >= 11 is 0. The predicted octanol–water partition coefficient (Wildman–Crippen LogP) is 0.938. The summed E-state index contributed by atoms with van der Waals surface area (Å²) in [6, 6.07) is 0.242. The van der Waals surface area contributed by atoms with Crippen LogP contribution in [-0.4, -0.2) is 35.5 Å². The van der Waals surface area contributed by atoms with Crippen LogP contribution in [0.2, 0.25) is 0 Å². The molecule has 0 bridgehead atoms. The van der Waals surface area contributed by atoms with E-state index in [1.54, 1.807) is 6.20 Å². The van der Waals surface area contributed by atoms with Crippen molar-refractivity contribution in [3.8, 4) is 0 Å². The van der Waals surface area contributed by atoms with Gasteiger partial charge in [0.25, 0.3) is 5.91 Å². The van der Waals surface area contributed by atoms with Gasteiger partial charge in [-0.15, -0.1) is 0 Å². The normalized spacial score (nSPS) is 12.5. The Morgan fingerprint density at radius 2 is 2.12 bits per heavy atom. The first-order valence-corrected chi connectivity index (χ1v) is 5.81. The van der Waals surface area contributed by atoms with Gasteiger partial charge in [0, 0.05) is 18.8 Å². The van der Waals surface area contributed by atoms with Crippen LogP contribution >= 0.6 is 0 Å². The molecule has 94 valence electrons. The maximum atomic E-state index is 12.0. The Bertz CT molecular complexity index is 379. The molecule has 0 aliphatic heterocycles. The minimum Gasteiger partial charge on any atom is -0.350 e. The van der Waals surface area contributed by atoms with Gasteiger partial charge in [0.1, 0.15) is 6.33 Å². The first-order valence-electron chi connectivity index (χ1n) is 5.81. The highest BCUT2D eigenvalue weighted by atomic mass is 16.1. The molecule has 1 aromatic rings. The molecule has 0 aliphatic carbocycles. The number of aromatic nitrogens is 2. The molecule has 0 aliphatic rings. The van der Waals surface area contributed by atoms with Crippen molar-refractivity contribution in [1.29, 1.82) is 0 Å². The lowest BCUT2D eigenvalue weighted by atomic mass is 10.0. The summed E-state index contributed by atoms with van der Waals surface area (Å²) in [7, 11) is 1.86. The first kappa shape index (κ1) is 13.6. The highest BCUT2D eigenvalue weighted by Gasteiger charge is 2.15. The van der Waals surface area contributed by atoms with E-state index in [9.17, 15) is 4.79 Å². The van der Waals surface area contributed by atoms with Gasteiger partial charge in [-0.05, 0) is 19.9 Å². The standard InChI is InChI=1S/C12H20N4O/c1-8(2)11-10(6-14-7-16-11)12(17)15-5-9(3)13-4/h6-9,13H,5H2,1-4H3,(H,15,17). The van der Waals surface area contributed by atoms with Crippen molar-refractivity contribution in [3.63, 3.8) is 0 Å². The molecule has 1 atom stereocenters. The zero-order valence-electron chi connectivity index (χ0n) is 10.8. The van der Waals surface area contributed by atoms with Crippen molar-refractivity contribution in [2.45, 2.75) is 32.7 Å². The summed E-state index contributed by atoms with van der Waals surface area (Å²) in [5.41, 5.74) is 1.35. The molecule has 5 heteroatoms. The summed E-state index contributed by atoms with van der Waals surface area (Å²) in [6.45, 7) is 6.61. The van der Waals surface area contributed by atoms with Crippen molar-refractivity contribution < 1.29 is 4.79 Å². The minimum atomic E-state index is -0.114. The molecule has 1 aromatic heterocycles. The van der Waals surface area contributed by atoms with Crippen molar-refractivity contribution in [3.05, 3.63) is 23.8 Å². The molecule has 1 rings (SSSR count). The van der Waals surface area contributed by atoms with Crippen LogP contribution < -0.4 is 10.6 Å². The van der Waals surface area contributed by atoms with Gasteiger partial charge in [-0.2, -0.15) is 0 Å². The van der Waals surface area contributed by atoms with Crippen LogP contribution in [0.1, 0.15) is 42.7 Å². The van der Waals surface area contributed by atoms with Crippen LogP contribution in [0.4, 0.5) is 0 Å². The quantitative estimate of drug-likeness (QED) is 0.798. The molecule has 0 radical (unpaired) electrons. The second-order valence-electron chi connectivity index (χ2n) is 4.38. The Hall–Kier alpha value is -1.49. The first-order chi connectivity index (χ1) is 8.06. The molecule has 5 nitrogen and oxygen atoms in total. The molecule has 1 unspecified atom stereocenters. The number of carbonyl (C=O) groups excluding carboxylic acids is 1. The number of nitrogens with zero attached hydrogens (tertiary/aromatic N) is 2. The molecule has 0 aromatic carbocycles. The maximum Gasteiger partial charge on any atom is 0.254 e. The molecule has 0 fully saturated rings. The van der Waals surface area contributed by atoms with Crippen molar-refractivity contribution in [1.82, 2.24) is 20.6 Å². The van der Waals surface area contributed by atoms with E-state index in [0.29, 0.717) is 12.1 Å². The minimum absolute atomic E-state index is 0.114. The van der Waals surface area contributed by atoms with Gasteiger partial charge in [0.2, 0.25) is 0 Å². The largest absolute Gasteiger partial charge is 0.350 e. The highest BCUT2D eigenvalue weighted by molar-refractivity contribution is 5.95. The molecular formula is C12H20N4O. The van der Waals surface area contributed by atoms with E-state index in [4.69, 9.17) is 0 Å². The third-order valence-corrected chi connectivity index (χ3v) is 2.60. The zero-order valence-corrected chi connectivity index (χ0v) is 10.8. The van der Waals surface area contributed by atoms with Gasteiger partial charge in [-0.25, -0.2) is 9.97 Å². The number of hydrogen-bond donors (Lipinski definition) is 2. The van der Waals surface area contributed by atoms with Gasteiger partial charge in [0.15, 0.2) is 0 Å². The van der Waals surface area contributed by atoms with E-state index in [2.05, 4.69) is 20.6 Å². The summed E-state index contributed by atoms with van der Waals surface area (Å²) in [6.07, 6.45) is 3.05. The van der Waals surface area contributed by atoms with Gasteiger partial charge in [-0.1, -0.05) is 13.8 Å². The maximum absolute atomic E-state index is 12.0. The van der Waals surface area contributed by atoms with E-state index in [-0.39, 0.29) is 17.9 Å². The number of likely N-dealkylation sites (N-methyl/N-ethyl adjacent to an activating group) is 1. The second-order valence-corrected chi connectivity index (χ2v) is 4.38. The lowest BCUT2D eigenvalue weighted by Gasteiger charge is -2.13. The van der Waals surface area contributed by atoms with E-state index in [0.717, 1.165) is 5.69 Å².